The maximum Gasteiger partial charge on any atom is 0.123 e. The van der Waals surface area contributed by atoms with Crippen molar-refractivity contribution in [2.45, 2.75) is 13.3 Å². The Morgan fingerprint density at radius 2 is 2.55 bits per heavy atom. The largest absolute Gasteiger partial charge is 0.340 e. The third-order valence-electron chi connectivity index (χ3n) is 1.52. The van der Waals surface area contributed by atoms with Crippen LogP contribution in [-0.4, -0.2) is 15.8 Å². The molecule has 0 N–H and O–H groups in total. The summed E-state index contributed by atoms with van der Waals surface area (Å²) in [5.74, 6) is 0.0740. The highest BCUT2D eigenvalue weighted by molar-refractivity contribution is 5.53. The SMILES string of the molecule is CC(C=O)Cc1cn(C)cn1. The topological polar surface area (TPSA) is 34.9 Å². The minimum Gasteiger partial charge on any atom is -0.340 e. The van der Waals surface area contributed by atoms with Crippen molar-refractivity contribution in [3.63, 3.8) is 0 Å². The van der Waals surface area contributed by atoms with Gasteiger partial charge >= 0.3 is 0 Å². The van der Waals surface area contributed by atoms with Crippen molar-refractivity contribution < 1.29 is 4.79 Å². The second-order valence-corrected chi connectivity index (χ2v) is 2.85. The van der Waals surface area contributed by atoms with Crippen LogP contribution in [0, 0.1) is 5.92 Å². The number of aldehydes is 1. The van der Waals surface area contributed by atoms with Crippen molar-refractivity contribution in [3.8, 4) is 0 Å². The van der Waals surface area contributed by atoms with Gasteiger partial charge in [0.15, 0.2) is 0 Å². The molecule has 0 amide bonds. The summed E-state index contributed by atoms with van der Waals surface area (Å²) < 4.78 is 1.88. The molecule has 60 valence electrons. The first-order valence-corrected chi connectivity index (χ1v) is 3.64. The number of aromatic nitrogens is 2. The van der Waals surface area contributed by atoms with Crippen LogP contribution in [0.4, 0.5) is 0 Å². The molecule has 0 aromatic carbocycles. The van der Waals surface area contributed by atoms with Crippen LogP contribution in [-0.2, 0) is 18.3 Å². The highest BCUT2D eigenvalue weighted by Crippen LogP contribution is 2.02. The number of hydrogen-bond acceptors (Lipinski definition) is 2. The molecule has 1 unspecified atom stereocenters. The summed E-state index contributed by atoms with van der Waals surface area (Å²) in [6.07, 6.45) is 5.37. The molecule has 0 fully saturated rings. The van der Waals surface area contributed by atoms with Crippen LogP contribution in [0.15, 0.2) is 12.5 Å². The lowest BCUT2D eigenvalue weighted by Gasteiger charge is -1.97. The van der Waals surface area contributed by atoms with Gasteiger partial charge in [-0.3, -0.25) is 0 Å². The number of carbonyl (C=O) groups is 1. The summed E-state index contributed by atoms with van der Waals surface area (Å²) in [6, 6.07) is 0. The second kappa shape index (κ2) is 3.32. The lowest BCUT2D eigenvalue weighted by molar-refractivity contribution is -0.110. The van der Waals surface area contributed by atoms with E-state index in [1.807, 2.05) is 24.7 Å². The minimum atomic E-state index is 0.0740. The van der Waals surface area contributed by atoms with Gasteiger partial charge in [0.2, 0.25) is 0 Å². The Hall–Kier alpha value is -1.12. The Morgan fingerprint density at radius 1 is 1.82 bits per heavy atom. The van der Waals surface area contributed by atoms with E-state index in [9.17, 15) is 4.79 Å². The van der Waals surface area contributed by atoms with Crippen molar-refractivity contribution >= 4 is 6.29 Å². The van der Waals surface area contributed by atoms with Gasteiger partial charge in [-0.05, 0) is 0 Å². The van der Waals surface area contributed by atoms with Crippen molar-refractivity contribution in [2.75, 3.05) is 0 Å². The smallest absolute Gasteiger partial charge is 0.123 e. The molecule has 1 aromatic rings. The van der Waals surface area contributed by atoms with Crippen LogP contribution < -0.4 is 0 Å². The van der Waals surface area contributed by atoms with Gasteiger partial charge in [0.1, 0.15) is 6.29 Å². The average Bonchev–Trinajstić information content (AvgIpc) is 2.35. The molecule has 1 heterocycles. The van der Waals surface area contributed by atoms with Crippen LogP contribution in [0.25, 0.3) is 0 Å². The predicted molar refractivity (Wildman–Crippen MR) is 42.1 cm³/mol. The van der Waals surface area contributed by atoms with Crippen molar-refractivity contribution in [3.05, 3.63) is 18.2 Å². The summed E-state index contributed by atoms with van der Waals surface area (Å²) in [5, 5.41) is 0. The number of hydrogen-bond donors (Lipinski definition) is 0. The van der Waals surface area contributed by atoms with E-state index in [2.05, 4.69) is 4.98 Å². The summed E-state index contributed by atoms with van der Waals surface area (Å²) in [7, 11) is 1.92. The van der Waals surface area contributed by atoms with Crippen molar-refractivity contribution in [1.82, 2.24) is 9.55 Å². The Balaban J connectivity index is 2.57. The van der Waals surface area contributed by atoms with Crippen molar-refractivity contribution in [2.24, 2.45) is 13.0 Å². The van der Waals surface area contributed by atoms with Gasteiger partial charge in [0, 0.05) is 25.6 Å². The molecule has 0 saturated heterocycles. The van der Waals surface area contributed by atoms with Gasteiger partial charge in [-0.15, -0.1) is 0 Å². The zero-order valence-electron chi connectivity index (χ0n) is 6.82. The Morgan fingerprint density at radius 3 is 3.00 bits per heavy atom. The van der Waals surface area contributed by atoms with Gasteiger partial charge < -0.3 is 9.36 Å². The molecule has 0 aliphatic rings. The fourth-order valence-corrected chi connectivity index (χ4v) is 0.950. The summed E-state index contributed by atoms with van der Waals surface area (Å²) in [5.41, 5.74) is 0.979. The maximum atomic E-state index is 10.3. The fourth-order valence-electron chi connectivity index (χ4n) is 0.950. The molecule has 11 heavy (non-hydrogen) atoms. The summed E-state index contributed by atoms with van der Waals surface area (Å²) >= 11 is 0. The second-order valence-electron chi connectivity index (χ2n) is 2.85. The van der Waals surface area contributed by atoms with Gasteiger partial charge in [0.05, 0.1) is 12.0 Å². The molecular formula is C8H12N2O. The summed E-state index contributed by atoms with van der Waals surface area (Å²) in [4.78, 5) is 14.4. The molecule has 1 atom stereocenters. The van der Waals surface area contributed by atoms with E-state index in [1.54, 1.807) is 6.33 Å². The average molecular weight is 152 g/mol. The third kappa shape index (κ3) is 2.18. The minimum absolute atomic E-state index is 0.0740. The van der Waals surface area contributed by atoms with Crippen LogP contribution in [0.5, 0.6) is 0 Å². The molecule has 1 aromatic heterocycles. The number of rotatable bonds is 3. The lowest BCUT2D eigenvalue weighted by atomic mass is 10.1. The molecule has 0 aliphatic carbocycles. The van der Waals surface area contributed by atoms with E-state index in [-0.39, 0.29) is 5.92 Å². The van der Waals surface area contributed by atoms with Crippen LogP contribution in [0.1, 0.15) is 12.6 Å². The zero-order chi connectivity index (χ0) is 8.27. The molecule has 0 aliphatic heterocycles. The van der Waals surface area contributed by atoms with E-state index in [0.29, 0.717) is 0 Å². The Bertz CT molecular complexity index is 242. The first-order chi connectivity index (χ1) is 5.22. The normalized spacial score (nSPS) is 12.9. The molecule has 0 radical (unpaired) electrons. The highest BCUT2D eigenvalue weighted by Gasteiger charge is 2.02. The molecule has 0 bridgehead atoms. The number of carbonyl (C=O) groups excluding carboxylic acids is 1. The number of imidazole rings is 1. The molecule has 3 heteroatoms. The van der Waals surface area contributed by atoms with Crippen LogP contribution >= 0.6 is 0 Å². The van der Waals surface area contributed by atoms with Crippen LogP contribution in [0.3, 0.4) is 0 Å². The molecule has 1 rings (SSSR count). The van der Waals surface area contributed by atoms with E-state index in [4.69, 9.17) is 0 Å². The zero-order valence-corrected chi connectivity index (χ0v) is 6.82. The highest BCUT2D eigenvalue weighted by atomic mass is 16.1. The molecular weight excluding hydrogens is 140 g/mol. The quantitative estimate of drug-likeness (QED) is 0.600. The van der Waals surface area contributed by atoms with E-state index in [0.717, 1.165) is 18.4 Å². The van der Waals surface area contributed by atoms with Crippen molar-refractivity contribution in [1.29, 1.82) is 0 Å². The Labute approximate surface area is 66.1 Å². The van der Waals surface area contributed by atoms with E-state index < -0.39 is 0 Å². The first kappa shape index (κ1) is 7.98. The lowest BCUT2D eigenvalue weighted by Crippen LogP contribution is -2.00. The monoisotopic (exact) mass is 152 g/mol. The van der Waals surface area contributed by atoms with Gasteiger partial charge in [-0.2, -0.15) is 0 Å². The fraction of sp³-hybridized carbons (Fsp3) is 0.500. The predicted octanol–water partition coefficient (Wildman–Crippen LogP) is 0.798. The number of aryl methyl sites for hydroxylation is 1. The van der Waals surface area contributed by atoms with E-state index in [1.165, 1.54) is 0 Å². The van der Waals surface area contributed by atoms with Gasteiger partial charge in [-0.1, -0.05) is 6.92 Å². The Kier molecular flexibility index (Phi) is 2.41. The third-order valence-corrected chi connectivity index (χ3v) is 1.52. The van der Waals surface area contributed by atoms with E-state index >= 15 is 0 Å². The van der Waals surface area contributed by atoms with Gasteiger partial charge in [-0.25, -0.2) is 4.98 Å². The summed E-state index contributed by atoms with van der Waals surface area (Å²) in [6.45, 7) is 1.89. The standard InChI is InChI=1S/C8H12N2O/c1-7(5-11)3-8-4-10(2)6-9-8/h4-7H,3H2,1-2H3. The molecule has 0 spiro atoms. The van der Waals surface area contributed by atoms with Gasteiger partial charge in [0.25, 0.3) is 0 Å². The number of nitrogens with zero attached hydrogens (tertiary/aromatic N) is 2. The first-order valence-electron chi connectivity index (χ1n) is 3.64. The van der Waals surface area contributed by atoms with Crippen LogP contribution in [0.2, 0.25) is 0 Å². The molecule has 0 saturated carbocycles. The molecule has 3 nitrogen and oxygen atoms in total. The maximum absolute atomic E-state index is 10.3.